The first kappa shape index (κ1) is 18.6. The average molecular weight is 377 g/mol. The molecule has 26 heavy (non-hydrogen) atoms. The summed E-state index contributed by atoms with van der Waals surface area (Å²) in [6, 6.07) is 0. The number of piperidine rings is 1. The number of fused-ring (bicyclic) bond motifs is 1. The van der Waals surface area contributed by atoms with Crippen LogP contribution in [-0.4, -0.2) is 46.2 Å². The van der Waals surface area contributed by atoms with Crippen molar-refractivity contribution in [1.29, 1.82) is 0 Å². The molecule has 3 heterocycles. The highest BCUT2D eigenvalue weighted by molar-refractivity contribution is 7.20. The predicted molar refractivity (Wildman–Crippen MR) is 100 cm³/mol. The van der Waals surface area contributed by atoms with E-state index < -0.39 is 11.9 Å². The maximum atomic E-state index is 12.4. The van der Waals surface area contributed by atoms with Gasteiger partial charge >= 0.3 is 11.9 Å². The van der Waals surface area contributed by atoms with E-state index in [1.54, 1.807) is 0 Å². The standard InChI is InChI=1S/C18H23N3O4S/c1-9(2)25-18(24)14-10(3)13-15(19-11(4)20-16(13)26-14)21-7-5-6-12(8-21)17(22)23/h9,12H,5-8H2,1-4H3,(H,22,23). The Kier molecular flexibility index (Phi) is 5.13. The number of carbonyl (C=O) groups excluding carboxylic acids is 1. The highest BCUT2D eigenvalue weighted by Crippen LogP contribution is 2.37. The van der Waals surface area contributed by atoms with Crippen molar-refractivity contribution in [3.8, 4) is 0 Å². The topological polar surface area (TPSA) is 92.6 Å². The van der Waals surface area contributed by atoms with Crippen LogP contribution in [0.3, 0.4) is 0 Å². The van der Waals surface area contributed by atoms with Gasteiger partial charge in [0.1, 0.15) is 21.3 Å². The summed E-state index contributed by atoms with van der Waals surface area (Å²) in [5.74, 6) is -0.213. The lowest BCUT2D eigenvalue weighted by molar-refractivity contribution is -0.141. The number of esters is 1. The van der Waals surface area contributed by atoms with E-state index in [9.17, 15) is 14.7 Å². The lowest BCUT2D eigenvalue weighted by Gasteiger charge is -2.32. The van der Waals surface area contributed by atoms with E-state index in [0.717, 1.165) is 34.6 Å². The average Bonchev–Trinajstić information content (AvgIpc) is 2.90. The molecule has 1 aliphatic heterocycles. The molecule has 1 unspecified atom stereocenters. The molecule has 0 spiro atoms. The second-order valence-electron chi connectivity index (χ2n) is 6.91. The first-order valence-electron chi connectivity index (χ1n) is 8.74. The summed E-state index contributed by atoms with van der Waals surface area (Å²) < 4.78 is 5.34. The molecule has 140 valence electrons. The van der Waals surface area contributed by atoms with Gasteiger partial charge in [0.15, 0.2) is 0 Å². The molecular weight excluding hydrogens is 354 g/mol. The van der Waals surface area contributed by atoms with Crippen LogP contribution in [0.1, 0.15) is 47.7 Å². The fraction of sp³-hybridized carbons (Fsp3) is 0.556. The van der Waals surface area contributed by atoms with Gasteiger partial charge in [-0.2, -0.15) is 0 Å². The van der Waals surface area contributed by atoms with Crippen LogP contribution in [0, 0.1) is 19.8 Å². The number of ether oxygens (including phenoxy) is 1. The highest BCUT2D eigenvalue weighted by Gasteiger charge is 2.29. The number of hydrogen-bond donors (Lipinski definition) is 1. The van der Waals surface area contributed by atoms with Crippen LogP contribution < -0.4 is 4.90 Å². The Hall–Kier alpha value is -2.22. The molecule has 2 aromatic rings. The minimum atomic E-state index is -0.778. The first-order valence-corrected chi connectivity index (χ1v) is 9.56. The van der Waals surface area contributed by atoms with Gasteiger partial charge in [-0.25, -0.2) is 14.8 Å². The fourth-order valence-electron chi connectivity index (χ4n) is 3.28. The number of carboxylic acids is 1. The molecule has 0 radical (unpaired) electrons. The molecule has 1 fully saturated rings. The molecule has 1 N–H and O–H groups in total. The summed E-state index contributed by atoms with van der Waals surface area (Å²) in [4.78, 5) is 36.2. The number of aromatic nitrogens is 2. The number of carboxylic acid groups (broad SMARTS) is 1. The second kappa shape index (κ2) is 7.19. The number of thiophene rings is 1. The first-order chi connectivity index (χ1) is 12.3. The molecular formula is C18H23N3O4S. The van der Waals surface area contributed by atoms with Crippen LogP contribution in [0.15, 0.2) is 0 Å². The van der Waals surface area contributed by atoms with E-state index in [1.807, 2.05) is 32.6 Å². The van der Waals surface area contributed by atoms with Crippen molar-refractivity contribution in [3.05, 3.63) is 16.3 Å². The summed E-state index contributed by atoms with van der Waals surface area (Å²) in [5, 5.41) is 10.2. The van der Waals surface area contributed by atoms with E-state index in [2.05, 4.69) is 9.97 Å². The van der Waals surface area contributed by atoms with Gasteiger partial charge in [-0.3, -0.25) is 4.79 Å². The third kappa shape index (κ3) is 3.51. The molecule has 0 bridgehead atoms. The van der Waals surface area contributed by atoms with E-state index >= 15 is 0 Å². The number of nitrogens with zero attached hydrogens (tertiary/aromatic N) is 3. The van der Waals surface area contributed by atoms with E-state index in [1.165, 1.54) is 11.3 Å². The van der Waals surface area contributed by atoms with E-state index in [-0.39, 0.29) is 12.1 Å². The Labute approximate surface area is 156 Å². The van der Waals surface area contributed by atoms with Crippen LogP contribution in [0.2, 0.25) is 0 Å². The van der Waals surface area contributed by atoms with Crippen LogP contribution in [-0.2, 0) is 9.53 Å². The van der Waals surface area contributed by atoms with Crippen molar-refractivity contribution in [2.45, 2.75) is 46.6 Å². The zero-order chi connectivity index (χ0) is 19.0. The largest absolute Gasteiger partial charge is 0.481 e. The molecule has 1 saturated heterocycles. The zero-order valence-corrected chi connectivity index (χ0v) is 16.2. The zero-order valence-electron chi connectivity index (χ0n) is 15.4. The fourth-order valence-corrected chi connectivity index (χ4v) is 4.39. The summed E-state index contributed by atoms with van der Waals surface area (Å²) >= 11 is 1.30. The number of carbonyl (C=O) groups is 2. The Morgan fingerprint density at radius 1 is 1.31 bits per heavy atom. The number of aliphatic carboxylic acids is 1. The van der Waals surface area contributed by atoms with Gasteiger partial charge in [0.2, 0.25) is 0 Å². The highest BCUT2D eigenvalue weighted by atomic mass is 32.1. The number of aryl methyl sites for hydroxylation is 2. The van der Waals surface area contributed by atoms with Crippen molar-refractivity contribution in [1.82, 2.24) is 9.97 Å². The van der Waals surface area contributed by atoms with Gasteiger partial charge in [0.05, 0.1) is 17.4 Å². The van der Waals surface area contributed by atoms with Crippen LogP contribution >= 0.6 is 11.3 Å². The van der Waals surface area contributed by atoms with Crippen LogP contribution in [0.25, 0.3) is 10.2 Å². The molecule has 7 nitrogen and oxygen atoms in total. The lowest BCUT2D eigenvalue weighted by Crippen LogP contribution is -2.39. The lowest BCUT2D eigenvalue weighted by atomic mass is 9.98. The van der Waals surface area contributed by atoms with Crippen LogP contribution in [0.5, 0.6) is 0 Å². The maximum Gasteiger partial charge on any atom is 0.348 e. The van der Waals surface area contributed by atoms with Gasteiger partial charge in [-0.1, -0.05) is 0 Å². The molecule has 0 aromatic carbocycles. The molecule has 1 atom stereocenters. The van der Waals surface area contributed by atoms with Crippen molar-refractivity contribution >= 4 is 39.3 Å². The number of rotatable bonds is 4. The monoisotopic (exact) mass is 377 g/mol. The summed E-state index contributed by atoms with van der Waals surface area (Å²) in [6.07, 6.45) is 1.28. The van der Waals surface area contributed by atoms with Gasteiger partial charge < -0.3 is 14.7 Å². The Bertz CT molecular complexity index is 862. The van der Waals surface area contributed by atoms with Gasteiger partial charge in [0, 0.05) is 13.1 Å². The van der Waals surface area contributed by atoms with Gasteiger partial charge in [0.25, 0.3) is 0 Å². The predicted octanol–water partition coefficient (Wildman–Crippen LogP) is 3.17. The third-order valence-electron chi connectivity index (χ3n) is 4.48. The Morgan fingerprint density at radius 2 is 2.04 bits per heavy atom. The van der Waals surface area contributed by atoms with Crippen LogP contribution in [0.4, 0.5) is 5.82 Å². The molecule has 3 rings (SSSR count). The van der Waals surface area contributed by atoms with Gasteiger partial charge in [-0.15, -0.1) is 11.3 Å². The van der Waals surface area contributed by atoms with Gasteiger partial charge in [-0.05, 0) is 46.1 Å². The quantitative estimate of drug-likeness (QED) is 0.818. The summed E-state index contributed by atoms with van der Waals surface area (Å²) in [6.45, 7) is 8.48. The molecule has 0 saturated carbocycles. The van der Waals surface area contributed by atoms with E-state index in [4.69, 9.17) is 4.74 Å². The van der Waals surface area contributed by atoms with Crippen molar-refractivity contribution in [2.24, 2.45) is 5.92 Å². The third-order valence-corrected chi connectivity index (χ3v) is 5.65. The number of hydrogen-bond acceptors (Lipinski definition) is 7. The van der Waals surface area contributed by atoms with Crippen molar-refractivity contribution in [3.63, 3.8) is 0 Å². The normalized spacial score (nSPS) is 17.7. The van der Waals surface area contributed by atoms with Crippen molar-refractivity contribution < 1.29 is 19.4 Å². The molecule has 0 amide bonds. The Balaban J connectivity index is 2.06. The molecule has 2 aromatic heterocycles. The summed E-state index contributed by atoms with van der Waals surface area (Å²) in [7, 11) is 0. The number of anilines is 1. The minimum Gasteiger partial charge on any atom is -0.481 e. The second-order valence-corrected chi connectivity index (χ2v) is 7.91. The minimum absolute atomic E-state index is 0.196. The molecule has 1 aliphatic rings. The SMILES string of the molecule is Cc1nc(N2CCCC(C(=O)O)C2)c2c(C)c(C(=O)OC(C)C)sc2n1. The maximum absolute atomic E-state index is 12.4. The Morgan fingerprint density at radius 3 is 2.69 bits per heavy atom. The van der Waals surface area contributed by atoms with E-state index in [0.29, 0.717) is 23.7 Å². The molecule has 8 heteroatoms. The van der Waals surface area contributed by atoms with Crippen molar-refractivity contribution in [2.75, 3.05) is 18.0 Å². The smallest absolute Gasteiger partial charge is 0.348 e. The molecule has 0 aliphatic carbocycles. The summed E-state index contributed by atoms with van der Waals surface area (Å²) in [5.41, 5.74) is 0.795.